The smallest absolute Gasteiger partial charge is 0.414 e. The first-order chi connectivity index (χ1) is 13.4. The van der Waals surface area contributed by atoms with Crippen molar-refractivity contribution >= 4 is 11.9 Å². The Hall–Kier alpha value is -2.84. The largest absolute Gasteiger partial charge is 0.473 e. The third kappa shape index (κ3) is 6.71. The Balaban J connectivity index is 0.000000409. The van der Waals surface area contributed by atoms with Gasteiger partial charge in [0.05, 0.1) is 0 Å². The zero-order chi connectivity index (χ0) is 20.5. The molecule has 0 bridgehead atoms. The molecule has 3 rings (SSSR count). The predicted octanol–water partition coefficient (Wildman–Crippen LogP) is 2.44. The number of benzene rings is 2. The molecule has 0 saturated carbocycles. The molecule has 6 nitrogen and oxygen atoms in total. The minimum atomic E-state index is -1.82. The maximum atomic E-state index is 13.7. The molecule has 0 unspecified atom stereocenters. The molecule has 1 heterocycles. The maximum Gasteiger partial charge on any atom is 0.414 e. The number of carboxylic acids is 2. The van der Waals surface area contributed by atoms with Crippen molar-refractivity contribution in [1.29, 1.82) is 0 Å². The van der Waals surface area contributed by atoms with Crippen LogP contribution in [0, 0.1) is 11.6 Å². The van der Waals surface area contributed by atoms with Crippen LogP contribution in [0.1, 0.15) is 11.1 Å². The molecule has 0 amide bonds. The monoisotopic (exact) mass is 392 g/mol. The summed E-state index contributed by atoms with van der Waals surface area (Å²) in [7, 11) is 0. The Morgan fingerprint density at radius 1 is 0.714 bits per heavy atom. The third-order valence-corrected chi connectivity index (χ3v) is 4.35. The summed E-state index contributed by atoms with van der Waals surface area (Å²) in [4.78, 5) is 22.7. The molecule has 1 aliphatic heterocycles. The Kier molecular flexibility index (Phi) is 8.03. The number of aliphatic carboxylic acids is 2. The Morgan fingerprint density at radius 3 is 1.32 bits per heavy atom. The Bertz CT molecular complexity index is 741. The first-order valence-corrected chi connectivity index (χ1v) is 8.74. The maximum absolute atomic E-state index is 13.7. The number of hydrogen-bond donors (Lipinski definition) is 2. The van der Waals surface area contributed by atoms with Crippen molar-refractivity contribution in [3.8, 4) is 0 Å². The normalized spacial score (nSPS) is 14.8. The summed E-state index contributed by atoms with van der Waals surface area (Å²) in [5.74, 6) is -3.93. The lowest BCUT2D eigenvalue weighted by molar-refractivity contribution is -0.159. The van der Waals surface area contributed by atoms with Crippen molar-refractivity contribution in [2.45, 2.75) is 13.1 Å². The van der Waals surface area contributed by atoms with E-state index in [0.29, 0.717) is 13.1 Å². The highest BCUT2D eigenvalue weighted by atomic mass is 19.1. The van der Waals surface area contributed by atoms with E-state index < -0.39 is 11.9 Å². The van der Waals surface area contributed by atoms with E-state index in [4.69, 9.17) is 19.8 Å². The highest BCUT2D eigenvalue weighted by molar-refractivity contribution is 6.27. The van der Waals surface area contributed by atoms with Crippen LogP contribution in [0.2, 0.25) is 0 Å². The van der Waals surface area contributed by atoms with Gasteiger partial charge in [-0.05, 0) is 12.1 Å². The fraction of sp³-hybridized carbons (Fsp3) is 0.300. The highest BCUT2D eigenvalue weighted by Crippen LogP contribution is 2.15. The third-order valence-electron chi connectivity index (χ3n) is 4.35. The molecule has 1 fully saturated rings. The van der Waals surface area contributed by atoms with E-state index >= 15 is 0 Å². The van der Waals surface area contributed by atoms with E-state index in [1.807, 2.05) is 24.3 Å². The van der Waals surface area contributed by atoms with Crippen LogP contribution < -0.4 is 0 Å². The molecule has 150 valence electrons. The van der Waals surface area contributed by atoms with Gasteiger partial charge in [0, 0.05) is 50.4 Å². The van der Waals surface area contributed by atoms with Gasteiger partial charge in [-0.25, -0.2) is 18.4 Å². The molecule has 1 aliphatic rings. The zero-order valence-electron chi connectivity index (χ0n) is 15.2. The molecule has 0 spiro atoms. The van der Waals surface area contributed by atoms with E-state index in [9.17, 15) is 8.78 Å². The van der Waals surface area contributed by atoms with Crippen LogP contribution in [0.4, 0.5) is 8.78 Å². The summed E-state index contributed by atoms with van der Waals surface area (Å²) in [6.07, 6.45) is 0. The number of hydrogen-bond acceptors (Lipinski definition) is 4. The minimum absolute atomic E-state index is 0.142. The molecular weight excluding hydrogens is 370 g/mol. The van der Waals surface area contributed by atoms with Crippen molar-refractivity contribution in [3.05, 3.63) is 71.3 Å². The van der Waals surface area contributed by atoms with Crippen molar-refractivity contribution < 1.29 is 28.6 Å². The van der Waals surface area contributed by atoms with E-state index in [1.54, 1.807) is 12.1 Å². The van der Waals surface area contributed by atoms with E-state index in [2.05, 4.69) is 9.80 Å². The molecule has 2 aromatic carbocycles. The van der Waals surface area contributed by atoms with Crippen molar-refractivity contribution in [1.82, 2.24) is 9.80 Å². The molecule has 0 radical (unpaired) electrons. The van der Waals surface area contributed by atoms with Gasteiger partial charge in [-0.1, -0.05) is 36.4 Å². The highest BCUT2D eigenvalue weighted by Gasteiger charge is 2.18. The van der Waals surface area contributed by atoms with Gasteiger partial charge in [-0.2, -0.15) is 0 Å². The van der Waals surface area contributed by atoms with E-state index in [-0.39, 0.29) is 11.6 Å². The van der Waals surface area contributed by atoms with Crippen LogP contribution in [-0.2, 0) is 22.7 Å². The molecular formula is C20H22F2N2O4. The van der Waals surface area contributed by atoms with E-state index in [0.717, 1.165) is 37.3 Å². The van der Waals surface area contributed by atoms with Gasteiger partial charge in [0.15, 0.2) is 0 Å². The SMILES string of the molecule is Fc1ccccc1CN1CCN(Cc2ccccc2F)CC1.O=C(O)C(=O)O. The first-order valence-electron chi connectivity index (χ1n) is 8.74. The molecule has 0 atom stereocenters. The lowest BCUT2D eigenvalue weighted by atomic mass is 10.1. The standard InChI is InChI=1S/C18H20F2N2.C2H2O4/c19-17-7-3-1-5-15(17)13-21-9-11-22(12-10-21)14-16-6-2-4-8-18(16)20;3-1(4)2(5)6/h1-8H,9-14H2;(H,3,4)(H,5,6). The van der Waals surface area contributed by atoms with Crippen LogP contribution in [0.15, 0.2) is 48.5 Å². The fourth-order valence-electron chi connectivity index (χ4n) is 2.84. The lowest BCUT2D eigenvalue weighted by Gasteiger charge is -2.34. The van der Waals surface area contributed by atoms with Crippen molar-refractivity contribution in [2.24, 2.45) is 0 Å². The predicted molar refractivity (Wildman–Crippen MR) is 98.6 cm³/mol. The first kappa shape index (κ1) is 21.5. The molecule has 1 saturated heterocycles. The average Bonchev–Trinajstić information content (AvgIpc) is 2.67. The average molecular weight is 392 g/mol. The Labute approximate surface area is 161 Å². The molecule has 2 N–H and O–H groups in total. The number of carbonyl (C=O) groups is 2. The minimum Gasteiger partial charge on any atom is -0.473 e. The van der Waals surface area contributed by atoms with Gasteiger partial charge in [-0.15, -0.1) is 0 Å². The molecule has 0 aromatic heterocycles. The second-order valence-corrected chi connectivity index (χ2v) is 6.35. The molecule has 0 aliphatic carbocycles. The van der Waals surface area contributed by atoms with Gasteiger partial charge in [0.1, 0.15) is 11.6 Å². The van der Waals surface area contributed by atoms with Crippen molar-refractivity contribution in [3.63, 3.8) is 0 Å². The second kappa shape index (κ2) is 10.5. The van der Waals surface area contributed by atoms with Gasteiger partial charge < -0.3 is 10.2 Å². The van der Waals surface area contributed by atoms with Crippen LogP contribution in [0.25, 0.3) is 0 Å². The summed E-state index contributed by atoms with van der Waals surface area (Å²) in [6, 6.07) is 13.8. The summed E-state index contributed by atoms with van der Waals surface area (Å²) in [5.41, 5.74) is 1.48. The van der Waals surface area contributed by atoms with Crippen molar-refractivity contribution in [2.75, 3.05) is 26.2 Å². The van der Waals surface area contributed by atoms with Gasteiger partial charge in [0.25, 0.3) is 0 Å². The number of rotatable bonds is 4. The van der Waals surface area contributed by atoms with Gasteiger partial charge in [0.2, 0.25) is 0 Å². The quantitative estimate of drug-likeness (QED) is 0.778. The van der Waals surface area contributed by atoms with E-state index in [1.165, 1.54) is 12.1 Å². The number of halogens is 2. The fourth-order valence-corrected chi connectivity index (χ4v) is 2.84. The topological polar surface area (TPSA) is 81.1 Å². The number of carboxylic acid groups (broad SMARTS) is 2. The van der Waals surface area contributed by atoms with Crippen LogP contribution >= 0.6 is 0 Å². The van der Waals surface area contributed by atoms with Gasteiger partial charge >= 0.3 is 11.9 Å². The van der Waals surface area contributed by atoms with Crippen LogP contribution in [-0.4, -0.2) is 58.1 Å². The zero-order valence-corrected chi connectivity index (χ0v) is 15.2. The summed E-state index contributed by atoms with van der Waals surface area (Å²) in [6.45, 7) is 4.79. The lowest BCUT2D eigenvalue weighted by Crippen LogP contribution is -2.45. The molecule has 2 aromatic rings. The summed E-state index contributed by atoms with van der Waals surface area (Å²) >= 11 is 0. The van der Waals surface area contributed by atoms with Crippen LogP contribution in [0.5, 0.6) is 0 Å². The van der Waals surface area contributed by atoms with Gasteiger partial charge in [-0.3, -0.25) is 9.80 Å². The summed E-state index contributed by atoms with van der Waals surface area (Å²) in [5, 5.41) is 14.8. The van der Waals surface area contributed by atoms with Crippen LogP contribution in [0.3, 0.4) is 0 Å². The Morgan fingerprint density at radius 2 is 1.04 bits per heavy atom. The molecule has 28 heavy (non-hydrogen) atoms. The number of nitrogens with zero attached hydrogens (tertiary/aromatic N) is 2. The molecule has 8 heteroatoms. The number of piperazine rings is 1. The second-order valence-electron chi connectivity index (χ2n) is 6.35. The summed E-state index contributed by atoms with van der Waals surface area (Å²) < 4.78 is 27.3.